The van der Waals surface area contributed by atoms with Crippen LogP contribution in [0.1, 0.15) is 27.2 Å². The maximum absolute atomic E-state index is 12.4. The van der Waals surface area contributed by atoms with Crippen molar-refractivity contribution in [2.45, 2.75) is 45.5 Å². The van der Waals surface area contributed by atoms with E-state index in [9.17, 15) is 34.4 Å². The van der Waals surface area contributed by atoms with Crippen molar-refractivity contribution >= 4 is 19.6 Å². The minimum atomic E-state index is -4.78. The van der Waals surface area contributed by atoms with Gasteiger partial charge in [-0.1, -0.05) is 26.5 Å². The van der Waals surface area contributed by atoms with Gasteiger partial charge >= 0.3 is 13.8 Å². The lowest BCUT2D eigenvalue weighted by molar-refractivity contribution is -0.147. The highest BCUT2D eigenvalue weighted by molar-refractivity contribution is 7.47. The Kier molecular flexibility index (Phi) is 6.22. The van der Waals surface area contributed by atoms with E-state index in [4.69, 9.17) is 4.52 Å². The molecule has 11 heteroatoms. The highest BCUT2D eigenvalue weighted by Crippen LogP contribution is 2.49. The number of Topliss-reactive ketones (excluding diaryl/α,β-unsaturated/α-hetero) is 1. The predicted molar refractivity (Wildman–Crippen MR) is 95.1 cm³/mol. The van der Waals surface area contributed by atoms with E-state index < -0.39 is 61.4 Å². The molecule has 4 N–H and O–H groups in total. The normalized spacial score (nSPS) is 28.2. The van der Waals surface area contributed by atoms with Crippen LogP contribution in [0.4, 0.5) is 0 Å². The fourth-order valence-electron chi connectivity index (χ4n) is 3.24. The number of carbonyl (C=O) groups excluding carboxylic acids is 2. The third kappa shape index (κ3) is 4.37. The zero-order valence-electron chi connectivity index (χ0n) is 15.6. The number of ether oxygens (including phenoxy) is 1. The molecule has 28 heavy (non-hydrogen) atoms. The van der Waals surface area contributed by atoms with Crippen LogP contribution >= 0.6 is 7.82 Å². The zero-order valence-corrected chi connectivity index (χ0v) is 16.5. The Hall–Kier alpha value is -1.97. The Bertz CT molecular complexity index is 809. The molecular weight excluding hydrogens is 395 g/mol. The average Bonchev–Trinajstić information content (AvgIpc) is 2.84. The zero-order chi connectivity index (χ0) is 21.4. The van der Waals surface area contributed by atoms with Crippen LogP contribution in [0, 0.1) is 5.41 Å². The second kappa shape index (κ2) is 7.81. The number of phosphoric acid groups is 1. The Balaban J connectivity index is 2.04. The summed E-state index contributed by atoms with van der Waals surface area (Å²) in [4.78, 5) is 33.5. The second-order valence-corrected chi connectivity index (χ2v) is 8.59. The molecule has 0 spiro atoms. The lowest BCUT2D eigenvalue weighted by Gasteiger charge is -2.36. The van der Waals surface area contributed by atoms with Gasteiger partial charge in [0, 0.05) is 0 Å². The van der Waals surface area contributed by atoms with E-state index in [-0.39, 0.29) is 6.42 Å². The van der Waals surface area contributed by atoms with Crippen molar-refractivity contribution in [3.8, 4) is 0 Å². The van der Waals surface area contributed by atoms with Crippen LogP contribution in [-0.4, -0.2) is 56.9 Å². The smallest absolute Gasteiger partial charge is 0.472 e. The van der Waals surface area contributed by atoms with Gasteiger partial charge in [0.25, 0.3) is 0 Å². The summed E-state index contributed by atoms with van der Waals surface area (Å²) in [5, 5.41) is 28.6. The number of esters is 1. The molecule has 4 atom stereocenters. The van der Waals surface area contributed by atoms with Crippen LogP contribution in [0.25, 0.3) is 0 Å². The Morgan fingerprint density at radius 2 is 2.00 bits per heavy atom. The Morgan fingerprint density at radius 3 is 2.50 bits per heavy atom. The number of aliphatic hydroxyl groups excluding tert-OH is 3. The van der Waals surface area contributed by atoms with Crippen molar-refractivity contribution in [3.05, 3.63) is 35.3 Å². The van der Waals surface area contributed by atoms with Crippen molar-refractivity contribution < 1.29 is 48.2 Å². The molecule has 10 nitrogen and oxygen atoms in total. The van der Waals surface area contributed by atoms with E-state index in [1.807, 2.05) is 13.8 Å². The van der Waals surface area contributed by atoms with Crippen molar-refractivity contribution in [2.24, 2.45) is 5.41 Å². The van der Waals surface area contributed by atoms with Crippen molar-refractivity contribution in [1.82, 2.24) is 0 Å². The van der Waals surface area contributed by atoms with Crippen LogP contribution < -0.4 is 0 Å². The number of hydrogen-bond acceptors (Lipinski definition) is 9. The lowest BCUT2D eigenvalue weighted by Crippen LogP contribution is -2.37. The van der Waals surface area contributed by atoms with E-state index in [1.54, 1.807) is 13.0 Å². The number of ketones is 1. The van der Waals surface area contributed by atoms with Gasteiger partial charge in [-0.05, 0) is 29.9 Å². The molecule has 0 saturated heterocycles. The third-order valence-corrected chi connectivity index (χ3v) is 5.65. The van der Waals surface area contributed by atoms with E-state index in [0.717, 1.165) is 0 Å². The topological polar surface area (TPSA) is 160 Å². The molecule has 0 aromatic rings. The molecule has 0 fully saturated rings. The minimum absolute atomic E-state index is 0.110. The fourth-order valence-corrected chi connectivity index (χ4v) is 4.13. The maximum Gasteiger partial charge on any atom is 0.472 e. The van der Waals surface area contributed by atoms with Gasteiger partial charge < -0.3 is 24.9 Å². The van der Waals surface area contributed by atoms with Crippen LogP contribution in [0.3, 0.4) is 0 Å². The summed E-state index contributed by atoms with van der Waals surface area (Å²) in [5.74, 6) is -3.72. The van der Waals surface area contributed by atoms with E-state index in [1.165, 1.54) is 0 Å². The third-order valence-electron chi connectivity index (χ3n) is 4.65. The summed E-state index contributed by atoms with van der Waals surface area (Å²) in [5.41, 5.74) is 0.544. The van der Waals surface area contributed by atoms with Crippen LogP contribution in [-0.2, 0) is 27.9 Å². The molecule has 156 valence electrons. The van der Waals surface area contributed by atoms with Gasteiger partial charge in [-0.2, -0.15) is 0 Å². The Labute approximate surface area is 161 Å². The van der Waals surface area contributed by atoms with Gasteiger partial charge in [0.05, 0.1) is 6.61 Å². The van der Waals surface area contributed by atoms with Crippen LogP contribution in [0.15, 0.2) is 35.3 Å². The van der Waals surface area contributed by atoms with Crippen molar-refractivity contribution in [3.63, 3.8) is 0 Å². The highest BCUT2D eigenvalue weighted by atomic mass is 31.2. The summed E-state index contributed by atoms with van der Waals surface area (Å²) >= 11 is 0. The fraction of sp³-hybridized carbons (Fsp3) is 0.529. The number of rotatable bonds is 7. The molecule has 1 aliphatic carbocycles. The molecule has 0 saturated carbocycles. The first-order valence-corrected chi connectivity index (χ1v) is 9.85. The molecule has 2 rings (SSSR count). The van der Waals surface area contributed by atoms with E-state index in [2.05, 4.69) is 15.8 Å². The van der Waals surface area contributed by atoms with Gasteiger partial charge in [0.1, 0.15) is 12.2 Å². The van der Waals surface area contributed by atoms with Gasteiger partial charge in [-0.15, -0.1) is 0 Å². The number of aliphatic hydroxyl groups is 3. The van der Waals surface area contributed by atoms with Gasteiger partial charge in [0.2, 0.25) is 5.76 Å². The van der Waals surface area contributed by atoms with Gasteiger partial charge in [0.15, 0.2) is 17.6 Å². The number of carbonyl (C=O) groups is 2. The molecule has 0 aromatic heterocycles. The van der Waals surface area contributed by atoms with Gasteiger partial charge in [-0.25, -0.2) is 9.36 Å². The molecule has 2 aliphatic rings. The minimum Gasteiger partial charge on any atom is -0.505 e. The summed E-state index contributed by atoms with van der Waals surface area (Å²) < 4.78 is 26.4. The largest absolute Gasteiger partial charge is 0.505 e. The molecule has 0 aromatic carbocycles. The first-order valence-electron chi connectivity index (χ1n) is 8.35. The first-order chi connectivity index (χ1) is 12.8. The van der Waals surface area contributed by atoms with Crippen molar-refractivity contribution in [2.75, 3.05) is 6.61 Å². The Morgan fingerprint density at radius 1 is 1.39 bits per heavy atom. The molecule has 1 aliphatic heterocycles. The number of hydrogen-bond donors (Lipinski definition) is 4. The summed E-state index contributed by atoms with van der Waals surface area (Å²) in [6.07, 6.45) is -2.98. The van der Waals surface area contributed by atoms with Gasteiger partial charge in [-0.3, -0.25) is 13.8 Å². The quantitative estimate of drug-likeness (QED) is 0.353. The number of cyclic esters (lactones) is 1. The van der Waals surface area contributed by atoms with Crippen LogP contribution in [0.2, 0.25) is 0 Å². The summed E-state index contributed by atoms with van der Waals surface area (Å²) in [6, 6.07) is 0. The van der Waals surface area contributed by atoms with E-state index in [0.29, 0.717) is 11.1 Å². The molecule has 0 radical (unpaired) electrons. The molecule has 0 bridgehead atoms. The highest BCUT2D eigenvalue weighted by Gasteiger charge is 2.43. The maximum atomic E-state index is 12.4. The monoisotopic (exact) mass is 418 g/mol. The lowest BCUT2D eigenvalue weighted by atomic mass is 9.71. The molecule has 0 amide bonds. The first kappa shape index (κ1) is 22.3. The summed E-state index contributed by atoms with van der Waals surface area (Å²) in [6.45, 7) is 8.04. The SMILES string of the molecule is C=CC1=C(C)C(=O)C(OP(=O)(O)OC[C@H](O)[C@H]2OC(=O)C(O)=C2O)CC1(C)C. The second-order valence-electron chi connectivity index (χ2n) is 7.18. The average molecular weight is 418 g/mol. The molecular formula is C17H23O10P. The molecule has 2 unspecified atom stereocenters. The number of allylic oxidation sites excluding steroid dienone is 2. The number of phosphoric ester groups is 1. The molecule has 1 heterocycles. The van der Waals surface area contributed by atoms with E-state index >= 15 is 0 Å². The predicted octanol–water partition coefficient (Wildman–Crippen LogP) is 1.60. The van der Waals surface area contributed by atoms with Crippen LogP contribution in [0.5, 0.6) is 0 Å². The standard InChI is InChI=1S/C17H23O10P/c1-5-9-8(2)12(19)11(6-17(9,3)4)27-28(23,24)25-7-10(18)15-13(20)14(21)16(22)26-15/h5,10-11,15,18,20-21H,1,6-7H2,2-4H3,(H,23,24)/t10-,11?,15+/m0/s1. The summed E-state index contributed by atoms with van der Waals surface area (Å²) in [7, 11) is -4.78. The van der Waals surface area contributed by atoms with Crippen molar-refractivity contribution in [1.29, 1.82) is 0 Å².